The Morgan fingerprint density at radius 1 is 1.07 bits per heavy atom. The summed E-state index contributed by atoms with van der Waals surface area (Å²) >= 11 is 0. The summed E-state index contributed by atoms with van der Waals surface area (Å²) in [5.41, 5.74) is 2.62. The minimum atomic E-state index is -0.304. The normalized spacial score (nSPS) is 11.4. The molecule has 0 saturated carbocycles. The van der Waals surface area contributed by atoms with Gasteiger partial charge in [0.05, 0.1) is 18.0 Å². The van der Waals surface area contributed by atoms with E-state index in [1.165, 1.54) is 32.6 Å². The third kappa shape index (κ3) is 10.4. The first-order valence-corrected chi connectivity index (χ1v) is 14.3. The van der Waals surface area contributed by atoms with Crippen molar-refractivity contribution < 1.29 is 14.3 Å². The van der Waals surface area contributed by atoms with Gasteiger partial charge < -0.3 is 15.0 Å². The standard InChI is InChI=1S/C30H45N7O3/c1-7-9-10-11-12-13-18-37(19-14-15-27(39)40-8-2)23-16-17-25(26(20-23)32-22(3)38)33-35-29-24(21-31)28(34-36-29)30(4,5)6/h16-17,20H,7-15,18-19H2,1-6H3,(H,32,38)(H,34,36). The number of carbonyl (C=O) groups excluding carboxylic acids is 2. The molecule has 0 aliphatic heterocycles. The van der Waals surface area contributed by atoms with E-state index >= 15 is 0 Å². The summed E-state index contributed by atoms with van der Waals surface area (Å²) in [7, 11) is 0. The number of ether oxygens (including phenoxy) is 1. The molecule has 2 aromatic rings. The zero-order valence-electron chi connectivity index (χ0n) is 25.0. The number of nitrogens with zero attached hydrogens (tertiary/aromatic N) is 5. The molecular formula is C30H45N7O3. The van der Waals surface area contributed by atoms with Crippen molar-refractivity contribution in [1.82, 2.24) is 10.2 Å². The molecule has 10 heteroatoms. The van der Waals surface area contributed by atoms with Crippen LogP contribution in [-0.4, -0.2) is 41.8 Å². The molecule has 0 bridgehead atoms. The summed E-state index contributed by atoms with van der Waals surface area (Å²) in [5, 5.41) is 28.2. The first-order valence-electron chi connectivity index (χ1n) is 14.3. The van der Waals surface area contributed by atoms with Crippen LogP contribution >= 0.6 is 0 Å². The minimum absolute atomic E-state index is 0.193. The lowest BCUT2D eigenvalue weighted by atomic mass is 9.90. The number of rotatable bonds is 16. The van der Waals surface area contributed by atoms with Crippen molar-refractivity contribution in [1.29, 1.82) is 5.26 Å². The predicted molar refractivity (Wildman–Crippen MR) is 158 cm³/mol. The molecule has 1 aromatic carbocycles. The fourth-order valence-corrected chi connectivity index (χ4v) is 4.35. The molecule has 0 spiro atoms. The lowest BCUT2D eigenvalue weighted by molar-refractivity contribution is -0.143. The Labute approximate surface area is 238 Å². The summed E-state index contributed by atoms with van der Waals surface area (Å²) in [5.74, 6) is -0.221. The van der Waals surface area contributed by atoms with E-state index in [0.29, 0.717) is 48.6 Å². The highest BCUT2D eigenvalue weighted by Crippen LogP contribution is 2.34. The third-order valence-corrected chi connectivity index (χ3v) is 6.41. The van der Waals surface area contributed by atoms with Gasteiger partial charge >= 0.3 is 5.97 Å². The quantitative estimate of drug-likeness (QED) is 0.126. The van der Waals surface area contributed by atoms with E-state index in [4.69, 9.17) is 4.74 Å². The molecule has 1 heterocycles. The highest BCUT2D eigenvalue weighted by molar-refractivity contribution is 5.93. The number of carbonyl (C=O) groups is 2. The predicted octanol–water partition coefficient (Wildman–Crippen LogP) is 7.46. The Hall–Kier alpha value is -3.74. The first-order chi connectivity index (χ1) is 19.1. The molecule has 10 nitrogen and oxygen atoms in total. The number of esters is 1. The van der Waals surface area contributed by atoms with Crippen LogP contribution in [0.2, 0.25) is 0 Å². The Balaban J connectivity index is 2.29. The van der Waals surface area contributed by atoms with Gasteiger partial charge in [0.15, 0.2) is 0 Å². The Morgan fingerprint density at radius 3 is 2.42 bits per heavy atom. The van der Waals surface area contributed by atoms with E-state index < -0.39 is 0 Å². The molecule has 0 aliphatic carbocycles. The molecule has 2 N–H and O–H groups in total. The van der Waals surface area contributed by atoms with Gasteiger partial charge in [-0.2, -0.15) is 10.4 Å². The van der Waals surface area contributed by atoms with Gasteiger partial charge in [-0.15, -0.1) is 10.2 Å². The highest BCUT2D eigenvalue weighted by atomic mass is 16.5. The molecule has 1 aromatic heterocycles. The Kier molecular flexibility index (Phi) is 13.3. The number of hydrogen-bond acceptors (Lipinski definition) is 8. The van der Waals surface area contributed by atoms with Crippen LogP contribution in [-0.2, 0) is 19.7 Å². The second kappa shape index (κ2) is 16.4. The number of azo groups is 1. The van der Waals surface area contributed by atoms with Crippen LogP contribution in [0.15, 0.2) is 28.4 Å². The van der Waals surface area contributed by atoms with Crippen LogP contribution in [0.1, 0.15) is 104 Å². The molecular weight excluding hydrogens is 506 g/mol. The molecule has 0 saturated heterocycles. The molecule has 218 valence electrons. The van der Waals surface area contributed by atoms with Crippen molar-refractivity contribution >= 4 is 34.8 Å². The summed E-state index contributed by atoms with van der Waals surface area (Å²) in [4.78, 5) is 26.2. The smallest absolute Gasteiger partial charge is 0.305 e. The number of nitrogens with one attached hydrogen (secondary N) is 2. The van der Waals surface area contributed by atoms with Gasteiger partial charge in [-0.1, -0.05) is 59.8 Å². The minimum Gasteiger partial charge on any atom is -0.466 e. The summed E-state index contributed by atoms with van der Waals surface area (Å²) in [6.45, 7) is 13.3. The van der Waals surface area contributed by atoms with Gasteiger partial charge in [-0.25, -0.2) is 0 Å². The maximum absolute atomic E-state index is 12.0. The molecule has 0 unspecified atom stereocenters. The molecule has 0 radical (unpaired) electrons. The van der Waals surface area contributed by atoms with Crippen molar-refractivity contribution in [2.45, 2.75) is 98.3 Å². The second-order valence-electron chi connectivity index (χ2n) is 10.9. The van der Waals surface area contributed by atoms with Gasteiger partial charge in [0.1, 0.15) is 17.3 Å². The van der Waals surface area contributed by atoms with Crippen molar-refractivity contribution in [3.8, 4) is 6.07 Å². The van der Waals surface area contributed by atoms with Crippen LogP contribution in [0.3, 0.4) is 0 Å². The summed E-state index contributed by atoms with van der Waals surface area (Å²) in [6.07, 6.45) is 8.11. The number of nitriles is 1. The maximum atomic E-state index is 12.0. The highest BCUT2D eigenvalue weighted by Gasteiger charge is 2.24. The number of aromatic nitrogens is 2. The van der Waals surface area contributed by atoms with Crippen molar-refractivity contribution in [2.24, 2.45) is 10.2 Å². The monoisotopic (exact) mass is 551 g/mol. The zero-order valence-corrected chi connectivity index (χ0v) is 25.0. The number of hydrogen-bond donors (Lipinski definition) is 2. The van der Waals surface area contributed by atoms with Crippen LogP contribution in [0.5, 0.6) is 0 Å². The van der Waals surface area contributed by atoms with Crippen molar-refractivity contribution in [3.63, 3.8) is 0 Å². The van der Waals surface area contributed by atoms with Crippen LogP contribution < -0.4 is 10.2 Å². The van der Waals surface area contributed by atoms with Crippen LogP contribution in [0.25, 0.3) is 0 Å². The fourth-order valence-electron chi connectivity index (χ4n) is 4.35. The average molecular weight is 552 g/mol. The summed E-state index contributed by atoms with van der Waals surface area (Å²) in [6, 6.07) is 7.79. The van der Waals surface area contributed by atoms with E-state index in [2.05, 4.69) is 43.6 Å². The van der Waals surface area contributed by atoms with Crippen molar-refractivity contribution in [2.75, 3.05) is 29.9 Å². The van der Waals surface area contributed by atoms with E-state index in [-0.39, 0.29) is 23.1 Å². The number of unbranched alkanes of at least 4 members (excludes halogenated alkanes) is 5. The van der Waals surface area contributed by atoms with Crippen LogP contribution in [0, 0.1) is 11.3 Å². The third-order valence-electron chi connectivity index (χ3n) is 6.41. The molecule has 40 heavy (non-hydrogen) atoms. The van der Waals surface area contributed by atoms with E-state index in [1.807, 2.05) is 39.8 Å². The molecule has 0 atom stereocenters. The molecule has 0 fully saturated rings. The molecule has 1 amide bonds. The number of anilines is 2. The Bertz CT molecular complexity index is 1170. The average Bonchev–Trinajstić information content (AvgIpc) is 3.32. The lowest BCUT2D eigenvalue weighted by Crippen LogP contribution is -2.26. The first kappa shape index (κ1) is 32.5. The number of aromatic amines is 1. The summed E-state index contributed by atoms with van der Waals surface area (Å²) < 4.78 is 5.09. The van der Waals surface area contributed by atoms with Gasteiger partial charge in [0, 0.05) is 37.5 Å². The Morgan fingerprint density at radius 2 is 1.77 bits per heavy atom. The molecule has 2 rings (SSSR count). The SMILES string of the molecule is CCCCCCCCN(CCCC(=O)OCC)c1ccc(N=Nc2n[nH]c(C(C)(C)C)c2C#N)c(NC(C)=O)c1. The fraction of sp³-hybridized carbons (Fsp3) is 0.600. The van der Waals surface area contributed by atoms with Crippen molar-refractivity contribution in [3.05, 3.63) is 29.5 Å². The van der Waals surface area contributed by atoms with E-state index in [9.17, 15) is 14.9 Å². The van der Waals surface area contributed by atoms with E-state index in [0.717, 1.165) is 25.1 Å². The van der Waals surface area contributed by atoms with Gasteiger partial charge in [-0.3, -0.25) is 14.7 Å². The zero-order chi connectivity index (χ0) is 29.5. The van der Waals surface area contributed by atoms with Gasteiger partial charge in [0.25, 0.3) is 0 Å². The van der Waals surface area contributed by atoms with Gasteiger partial charge in [-0.05, 0) is 38.0 Å². The molecule has 0 aliphatic rings. The largest absolute Gasteiger partial charge is 0.466 e. The van der Waals surface area contributed by atoms with Crippen LogP contribution in [0.4, 0.5) is 22.9 Å². The van der Waals surface area contributed by atoms with E-state index in [1.54, 1.807) is 6.07 Å². The maximum Gasteiger partial charge on any atom is 0.305 e. The number of benzene rings is 1. The number of H-pyrrole nitrogens is 1. The van der Waals surface area contributed by atoms with Gasteiger partial charge in [0.2, 0.25) is 11.7 Å². The second-order valence-corrected chi connectivity index (χ2v) is 10.9. The lowest BCUT2D eigenvalue weighted by Gasteiger charge is -2.26. The number of amides is 1. The topological polar surface area (TPSA) is 136 Å².